The maximum Gasteiger partial charge on any atom is 0.233 e. The summed E-state index contributed by atoms with van der Waals surface area (Å²) in [4.78, 5) is 11.3. The van der Waals surface area contributed by atoms with Gasteiger partial charge in [-0.25, -0.2) is 0 Å². The van der Waals surface area contributed by atoms with Crippen LogP contribution in [-0.4, -0.2) is 25.5 Å². The Morgan fingerprint density at radius 3 is 2.57 bits per heavy atom. The van der Waals surface area contributed by atoms with Gasteiger partial charge in [-0.1, -0.05) is 20.8 Å². The normalized spacial score (nSPS) is 18.3. The van der Waals surface area contributed by atoms with Crippen LogP contribution in [-0.2, 0) is 4.79 Å². The van der Waals surface area contributed by atoms with Crippen molar-refractivity contribution in [2.75, 3.05) is 19.6 Å². The average Bonchev–Trinajstić information content (AvgIpc) is 2.80. The molecule has 0 unspecified atom stereocenters. The fourth-order valence-electron chi connectivity index (χ4n) is 1.25. The summed E-state index contributed by atoms with van der Waals surface area (Å²) in [5.41, 5.74) is 0.484. The van der Waals surface area contributed by atoms with Gasteiger partial charge in [0.2, 0.25) is 5.91 Å². The molecule has 1 saturated carbocycles. The molecular formula is C11H22N2O. The first-order chi connectivity index (χ1) is 6.52. The molecule has 0 radical (unpaired) electrons. The van der Waals surface area contributed by atoms with Crippen LogP contribution in [0.1, 0.15) is 33.6 Å². The Balaban J connectivity index is 1.97. The average molecular weight is 198 g/mol. The van der Waals surface area contributed by atoms with E-state index in [0.29, 0.717) is 17.9 Å². The Morgan fingerprint density at radius 1 is 1.43 bits per heavy atom. The third kappa shape index (κ3) is 4.61. The molecule has 0 atom stereocenters. The molecule has 2 N–H and O–H groups in total. The van der Waals surface area contributed by atoms with Crippen LogP contribution in [0.15, 0.2) is 0 Å². The van der Waals surface area contributed by atoms with E-state index < -0.39 is 0 Å². The molecule has 0 heterocycles. The van der Waals surface area contributed by atoms with E-state index in [1.165, 1.54) is 12.8 Å². The summed E-state index contributed by atoms with van der Waals surface area (Å²) >= 11 is 0. The van der Waals surface area contributed by atoms with Gasteiger partial charge in [0, 0.05) is 13.1 Å². The van der Waals surface area contributed by atoms with Crippen molar-refractivity contribution in [2.24, 2.45) is 11.3 Å². The van der Waals surface area contributed by atoms with Gasteiger partial charge in [0.05, 0.1) is 6.54 Å². The van der Waals surface area contributed by atoms with Crippen molar-refractivity contribution < 1.29 is 4.79 Å². The van der Waals surface area contributed by atoms with Crippen molar-refractivity contribution in [3.8, 4) is 0 Å². The van der Waals surface area contributed by atoms with Crippen molar-refractivity contribution in [1.29, 1.82) is 0 Å². The minimum Gasteiger partial charge on any atom is -0.355 e. The van der Waals surface area contributed by atoms with Crippen LogP contribution in [0.5, 0.6) is 0 Å². The highest BCUT2D eigenvalue weighted by Crippen LogP contribution is 2.43. The lowest BCUT2D eigenvalue weighted by atomic mass is 10.1. The van der Waals surface area contributed by atoms with E-state index in [4.69, 9.17) is 0 Å². The Kier molecular flexibility index (Phi) is 3.93. The molecule has 1 aliphatic rings. The molecule has 0 aromatic heterocycles. The van der Waals surface area contributed by atoms with Crippen LogP contribution in [0.4, 0.5) is 0 Å². The number of amides is 1. The molecule has 3 heteroatoms. The van der Waals surface area contributed by atoms with Gasteiger partial charge in [-0.2, -0.15) is 0 Å². The summed E-state index contributed by atoms with van der Waals surface area (Å²) in [5, 5.41) is 6.09. The van der Waals surface area contributed by atoms with Crippen molar-refractivity contribution >= 4 is 5.91 Å². The quantitative estimate of drug-likeness (QED) is 0.672. The highest BCUT2D eigenvalue weighted by molar-refractivity contribution is 5.77. The lowest BCUT2D eigenvalue weighted by Gasteiger charge is -2.11. The monoisotopic (exact) mass is 198 g/mol. The van der Waals surface area contributed by atoms with Crippen LogP contribution in [0, 0.1) is 11.3 Å². The topological polar surface area (TPSA) is 41.1 Å². The Hall–Kier alpha value is -0.570. The molecule has 1 amide bonds. The Morgan fingerprint density at radius 2 is 2.07 bits per heavy atom. The summed E-state index contributed by atoms with van der Waals surface area (Å²) in [6.45, 7) is 8.66. The van der Waals surface area contributed by atoms with Crippen LogP contribution >= 0.6 is 0 Å². The van der Waals surface area contributed by atoms with Gasteiger partial charge in [-0.3, -0.25) is 4.79 Å². The molecule has 0 saturated heterocycles. The zero-order valence-electron chi connectivity index (χ0n) is 9.52. The zero-order chi connectivity index (χ0) is 10.6. The molecule has 3 nitrogen and oxygen atoms in total. The van der Waals surface area contributed by atoms with Crippen LogP contribution in [0.25, 0.3) is 0 Å². The largest absolute Gasteiger partial charge is 0.355 e. The van der Waals surface area contributed by atoms with Crippen LogP contribution in [0.3, 0.4) is 0 Å². The van der Waals surface area contributed by atoms with Crippen molar-refractivity contribution in [3.05, 3.63) is 0 Å². The Labute approximate surface area is 86.6 Å². The summed E-state index contributed by atoms with van der Waals surface area (Å²) in [6, 6.07) is 0. The molecule has 0 aromatic carbocycles. The number of hydrogen-bond acceptors (Lipinski definition) is 2. The molecule has 0 aliphatic heterocycles. The van der Waals surface area contributed by atoms with Gasteiger partial charge in [-0.15, -0.1) is 0 Å². The smallest absolute Gasteiger partial charge is 0.233 e. The molecule has 1 aliphatic carbocycles. The molecule has 0 spiro atoms. The summed E-state index contributed by atoms with van der Waals surface area (Å²) in [5.74, 6) is 0.642. The predicted molar refractivity (Wildman–Crippen MR) is 58.1 cm³/mol. The maximum absolute atomic E-state index is 11.3. The number of rotatable bonds is 6. The lowest BCUT2D eigenvalue weighted by molar-refractivity contribution is -0.120. The SMILES string of the molecule is CC(C)CNC(=O)CNCC1(C)CC1. The summed E-state index contributed by atoms with van der Waals surface area (Å²) in [7, 11) is 0. The van der Waals surface area contributed by atoms with E-state index in [9.17, 15) is 4.79 Å². The van der Waals surface area contributed by atoms with E-state index in [0.717, 1.165) is 13.1 Å². The number of hydrogen-bond donors (Lipinski definition) is 2. The van der Waals surface area contributed by atoms with Crippen LogP contribution < -0.4 is 10.6 Å². The number of nitrogens with one attached hydrogen (secondary N) is 2. The first-order valence-corrected chi connectivity index (χ1v) is 5.49. The van der Waals surface area contributed by atoms with Crippen LogP contribution in [0.2, 0.25) is 0 Å². The van der Waals surface area contributed by atoms with E-state index >= 15 is 0 Å². The first kappa shape index (κ1) is 11.5. The van der Waals surface area contributed by atoms with Crippen molar-refractivity contribution in [3.63, 3.8) is 0 Å². The molecule has 1 rings (SSSR count). The molecule has 1 fully saturated rings. The van der Waals surface area contributed by atoms with E-state index in [2.05, 4.69) is 31.4 Å². The minimum absolute atomic E-state index is 0.114. The molecule has 0 aromatic rings. The lowest BCUT2D eigenvalue weighted by Crippen LogP contribution is -2.37. The second-order valence-electron chi connectivity index (χ2n) is 5.11. The predicted octanol–water partition coefficient (Wildman–Crippen LogP) is 1.15. The third-order valence-corrected chi connectivity index (χ3v) is 2.65. The second-order valence-corrected chi connectivity index (χ2v) is 5.11. The van der Waals surface area contributed by atoms with E-state index in [1.807, 2.05) is 0 Å². The van der Waals surface area contributed by atoms with Gasteiger partial charge >= 0.3 is 0 Å². The minimum atomic E-state index is 0.114. The molecule has 0 bridgehead atoms. The number of carbonyl (C=O) groups excluding carboxylic acids is 1. The fraction of sp³-hybridized carbons (Fsp3) is 0.909. The molecule has 82 valence electrons. The molecule has 14 heavy (non-hydrogen) atoms. The maximum atomic E-state index is 11.3. The zero-order valence-corrected chi connectivity index (χ0v) is 9.52. The highest BCUT2D eigenvalue weighted by Gasteiger charge is 2.36. The molecular weight excluding hydrogens is 176 g/mol. The van der Waals surface area contributed by atoms with Gasteiger partial charge in [0.25, 0.3) is 0 Å². The fourth-order valence-corrected chi connectivity index (χ4v) is 1.25. The number of carbonyl (C=O) groups is 1. The summed E-state index contributed by atoms with van der Waals surface area (Å²) in [6.07, 6.45) is 2.60. The second kappa shape index (κ2) is 4.78. The first-order valence-electron chi connectivity index (χ1n) is 5.49. The van der Waals surface area contributed by atoms with Gasteiger partial charge in [0.1, 0.15) is 0 Å². The highest BCUT2D eigenvalue weighted by atomic mass is 16.1. The third-order valence-electron chi connectivity index (χ3n) is 2.65. The summed E-state index contributed by atoms with van der Waals surface area (Å²) < 4.78 is 0. The van der Waals surface area contributed by atoms with Crippen molar-refractivity contribution in [2.45, 2.75) is 33.6 Å². The van der Waals surface area contributed by atoms with Gasteiger partial charge < -0.3 is 10.6 Å². The van der Waals surface area contributed by atoms with Gasteiger partial charge in [-0.05, 0) is 24.2 Å². The standard InChI is InChI=1S/C11H22N2O/c1-9(2)6-13-10(14)7-12-8-11(3)4-5-11/h9,12H,4-8H2,1-3H3,(H,13,14). The van der Waals surface area contributed by atoms with E-state index in [1.54, 1.807) is 0 Å². The van der Waals surface area contributed by atoms with E-state index in [-0.39, 0.29) is 5.91 Å². The van der Waals surface area contributed by atoms with Gasteiger partial charge in [0.15, 0.2) is 0 Å². The Bertz CT molecular complexity index is 197. The van der Waals surface area contributed by atoms with Crippen molar-refractivity contribution in [1.82, 2.24) is 10.6 Å².